The van der Waals surface area contributed by atoms with Crippen LogP contribution in [0.1, 0.15) is 33.1 Å². The van der Waals surface area contributed by atoms with Gasteiger partial charge in [-0.25, -0.2) is 9.97 Å². The van der Waals surface area contributed by atoms with Gasteiger partial charge < -0.3 is 9.88 Å². The van der Waals surface area contributed by atoms with Crippen LogP contribution in [0.5, 0.6) is 0 Å². The molecule has 2 fully saturated rings. The highest BCUT2D eigenvalue weighted by Gasteiger charge is 2.48. The summed E-state index contributed by atoms with van der Waals surface area (Å²) in [6, 6.07) is 5.63. The summed E-state index contributed by atoms with van der Waals surface area (Å²) in [6.07, 6.45) is 10.2. The Morgan fingerprint density at radius 1 is 1.27 bits per heavy atom. The van der Waals surface area contributed by atoms with Gasteiger partial charge in [0.25, 0.3) is 0 Å². The van der Waals surface area contributed by atoms with Crippen LogP contribution >= 0.6 is 0 Å². The van der Waals surface area contributed by atoms with Crippen molar-refractivity contribution < 1.29 is 0 Å². The fourth-order valence-corrected chi connectivity index (χ4v) is 5.03. The number of rotatable bonds is 5. The Morgan fingerprint density at radius 2 is 2.07 bits per heavy atom. The van der Waals surface area contributed by atoms with E-state index in [2.05, 4.69) is 49.8 Å². The molecule has 5 rings (SSSR count). The topological polar surface area (TPSA) is 89.7 Å². The summed E-state index contributed by atoms with van der Waals surface area (Å²) in [6.45, 7) is 8.65. The van der Waals surface area contributed by atoms with Crippen molar-refractivity contribution in [1.82, 2.24) is 34.5 Å². The smallest absolute Gasteiger partial charge is 0.141 e. The molecule has 0 aliphatic carbocycles. The van der Waals surface area contributed by atoms with E-state index in [1.165, 1.54) is 12.8 Å². The Morgan fingerprint density at radius 3 is 2.80 bits per heavy atom. The summed E-state index contributed by atoms with van der Waals surface area (Å²) in [4.78, 5) is 17.0. The van der Waals surface area contributed by atoms with Crippen LogP contribution in [0.15, 0.2) is 31.0 Å². The summed E-state index contributed by atoms with van der Waals surface area (Å²) in [7, 11) is 0. The minimum atomic E-state index is -0.244. The molecule has 1 N–H and O–H groups in total. The Hall–Kier alpha value is -2.76. The Balaban J connectivity index is 1.33. The molecule has 0 saturated carbocycles. The van der Waals surface area contributed by atoms with Crippen molar-refractivity contribution in [2.45, 2.75) is 50.7 Å². The van der Waals surface area contributed by atoms with Crippen molar-refractivity contribution >= 4 is 11.0 Å². The van der Waals surface area contributed by atoms with Crippen LogP contribution in [0.25, 0.3) is 22.3 Å². The molecule has 156 valence electrons. The van der Waals surface area contributed by atoms with Crippen molar-refractivity contribution in [2.75, 3.05) is 26.2 Å². The Bertz CT molecular complexity index is 1060. The standard InChI is InChI=1S/C22H28N8/c1-16(2)28-9-4-18(5-10-28)29-13-22(14-29,6-7-23)30-12-17(11-27-30)20-19-3-8-24-21(19)26-15-25-20/h3,8,11-12,15-16,18H,4-6,9-10,13-14H2,1-2H3,(H,24,25,26). The predicted octanol–water partition coefficient (Wildman–Crippen LogP) is 2.62. The maximum Gasteiger partial charge on any atom is 0.141 e. The number of fused-ring (bicyclic) bond motifs is 1. The lowest BCUT2D eigenvalue weighted by molar-refractivity contribution is -0.0451. The first-order valence-electron chi connectivity index (χ1n) is 10.8. The molecule has 8 heteroatoms. The predicted molar refractivity (Wildman–Crippen MR) is 115 cm³/mol. The maximum absolute atomic E-state index is 9.52. The molecule has 3 aromatic rings. The van der Waals surface area contributed by atoms with Crippen LogP contribution < -0.4 is 0 Å². The first-order chi connectivity index (χ1) is 14.6. The van der Waals surface area contributed by atoms with Crippen LogP contribution in [0.4, 0.5) is 0 Å². The van der Waals surface area contributed by atoms with Gasteiger partial charge in [-0.05, 0) is 45.8 Å². The van der Waals surface area contributed by atoms with Crippen molar-refractivity contribution in [3.63, 3.8) is 0 Å². The number of hydrogen-bond acceptors (Lipinski definition) is 6. The fraction of sp³-hybridized carbons (Fsp3) is 0.545. The fourth-order valence-electron chi connectivity index (χ4n) is 5.03. The second-order valence-electron chi connectivity index (χ2n) is 8.96. The first-order valence-corrected chi connectivity index (χ1v) is 10.8. The minimum Gasteiger partial charge on any atom is -0.346 e. The molecule has 0 radical (unpaired) electrons. The van der Waals surface area contributed by atoms with Gasteiger partial charge in [0.1, 0.15) is 17.5 Å². The summed E-state index contributed by atoms with van der Waals surface area (Å²) in [5, 5.41) is 15.2. The van der Waals surface area contributed by atoms with Crippen LogP contribution in [-0.2, 0) is 5.54 Å². The molecular formula is C22H28N8. The summed E-state index contributed by atoms with van der Waals surface area (Å²) in [5.74, 6) is 0. The van der Waals surface area contributed by atoms with Crippen molar-refractivity contribution in [3.8, 4) is 17.3 Å². The van der Waals surface area contributed by atoms with E-state index in [1.54, 1.807) is 6.33 Å². The molecule has 3 aromatic heterocycles. The molecule has 0 spiro atoms. The third-order valence-corrected chi connectivity index (χ3v) is 6.84. The Labute approximate surface area is 176 Å². The number of nitrogens with zero attached hydrogens (tertiary/aromatic N) is 7. The molecule has 30 heavy (non-hydrogen) atoms. The molecule has 2 aliphatic rings. The number of aromatic amines is 1. The molecule has 5 heterocycles. The van der Waals surface area contributed by atoms with E-state index in [9.17, 15) is 5.26 Å². The molecule has 0 unspecified atom stereocenters. The normalized spacial score (nSPS) is 20.5. The average molecular weight is 405 g/mol. The van der Waals surface area contributed by atoms with Crippen molar-refractivity contribution in [1.29, 1.82) is 5.26 Å². The number of nitriles is 1. The highest BCUT2D eigenvalue weighted by atomic mass is 15.4. The molecule has 0 aromatic carbocycles. The summed E-state index contributed by atoms with van der Waals surface area (Å²) < 4.78 is 2.01. The zero-order valence-electron chi connectivity index (χ0n) is 17.6. The van der Waals surface area contributed by atoms with Crippen LogP contribution in [0, 0.1) is 11.3 Å². The molecule has 2 saturated heterocycles. The first kappa shape index (κ1) is 19.2. The summed E-state index contributed by atoms with van der Waals surface area (Å²) >= 11 is 0. The lowest BCUT2D eigenvalue weighted by atomic mass is 9.83. The molecule has 8 nitrogen and oxygen atoms in total. The zero-order valence-corrected chi connectivity index (χ0v) is 17.6. The number of hydrogen-bond donors (Lipinski definition) is 1. The van der Waals surface area contributed by atoms with E-state index in [-0.39, 0.29) is 5.54 Å². The SMILES string of the molecule is CC(C)N1CCC(N2CC(CC#N)(n3cc(-c4ncnc5[nH]ccc45)cn3)C2)CC1. The highest BCUT2D eigenvalue weighted by molar-refractivity contribution is 5.89. The molecule has 0 atom stereocenters. The molecule has 0 bridgehead atoms. The van der Waals surface area contributed by atoms with Gasteiger partial charge >= 0.3 is 0 Å². The second kappa shape index (κ2) is 7.49. The molecular weight excluding hydrogens is 376 g/mol. The third-order valence-electron chi connectivity index (χ3n) is 6.84. The van der Waals surface area contributed by atoms with Gasteiger partial charge in [0, 0.05) is 48.5 Å². The highest BCUT2D eigenvalue weighted by Crippen LogP contribution is 2.37. The van der Waals surface area contributed by atoms with Gasteiger partial charge in [-0.3, -0.25) is 9.58 Å². The van der Waals surface area contributed by atoms with Crippen LogP contribution in [0.3, 0.4) is 0 Å². The molecule has 2 aliphatic heterocycles. The maximum atomic E-state index is 9.52. The number of aromatic nitrogens is 5. The second-order valence-corrected chi connectivity index (χ2v) is 8.96. The number of likely N-dealkylation sites (tertiary alicyclic amines) is 2. The number of piperidine rings is 1. The van der Waals surface area contributed by atoms with E-state index >= 15 is 0 Å². The van der Waals surface area contributed by atoms with Gasteiger partial charge in [0.05, 0.1) is 24.4 Å². The van der Waals surface area contributed by atoms with Gasteiger partial charge in [-0.2, -0.15) is 10.4 Å². The van der Waals surface area contributed by atoms with Gasteiger partial charge in [0.15, 0.2) is 0 Å². The van der Waals surface area contributed by atoms with Gasteiger partial charge in [-0.15, -0.1) is 0 Å². The number of H-pyrrole nitrogens is 1. The lowest BCUT2D eigenvalue weighted by Gasteiger charge is -2.54. The van der Waals surface area contributed by atoms with Crippen LogP contribution in [0.2, 0.25) is 0 Å². The number of nitrogens with one attached hydrogen (secondary N) is 1. The Kier molecular flexibility index (Phi) is 4.80. The van der Waals surface area contributed by atoms with Gasteiger partial charge in [-0.1, -0.05) is 0 Å². The van der Waals surface area contributed by atoms with Gasteiger partial charge in [0.2, 0.25) is 0 Å². The lowest BCUT2D eigenvalue weighted by Crippen LogP contribution is -2.66. The average Bonchev–Trinajstić information content (AvgIpc) is 3.40. The zero-order chi connectivity index (χ0) is 20.7. The largest absolute Gasteiger partial charge is 0.346 e. The van der Waals surface area contributed by atoms with E-state index in [4.69, 9.17) is 0 Å². The quantitative estimate of drug-likeness (QED) is 0.703. The monoisotopic (exact) mass is 404 g/mol. The van der Waals surface area contributed by atoms with E-state index in [0.717, 1.165) is 48.5 Å². The van der Waals surface area contributed by atoms with Crippen molar-refractivity contribution in [3.05, 3.63) is 31.0 Å². The molecule has 0 amide bonds. The third kappa shape index (κ3) is 3.18. The van der Waals surface area contributed by atoms with E-state index in [1.807, 2.05) is 29.3 Å². The van der Waals surface area contributed by atoms with E-state index in [0.29, 0.717) is 18.5 Å². The summed E-state index contributed by atoms with van der Waals surface area (Å²) in [5.41, 5.74) is 2.41. The van der Waals surface area contributed by atoms with Crippen molar-refractivity contribution in [2.24, 2.45) is 0 Å². The van der Waals surface area contributed by atoms with Crippen LogP contribution in [-0.4, -0.2) is 72.8 Å². The van der Waals surface area contributed by atoms with E-state index < -0.39 is 0 Å². The minimum absolute atomic E-state index is 0.244.